The number of hydrogen-bond donors (Lipinski definition) is 1. The number of nitriles is 1. The maximum atomic E-state index is 9.45. The number of aliphatic hydroxyl groups excluding tert-OH is 1. The van der Waals surface area contributed by atoms with Crippen molar-refractivity contribution in [2.45, 2.75) is 13.0 Å². The van der Waals surface area contributed by atoms with Crippen LogP contribution in [0.25, 0.3) is 5.65 Å². The standard InChI is InChI=1S/C15H19N5O/c1-12(21)11-18-6-8-19(9-7-18)15-13(10-16)20-5-3-2-4-14(20)17-15/h2-5,12,21H,6-9,11H2,1H3/t12-/m1/s1. The fourth-order valence-electron chi connectivity index (χ4n) is 2.82. The highest BCUT2D eigenvalue weighted by molar-refractivity contribution is 5.60. The Morgan fingerprint density at radius 2 is 2.10 bits per heavy atom. The number of fused-ring (bicyclic) bond motifs is 1. The molecule has 0 spiro atoms. The molecule has 0 unspecified atom stereocenters. The minimum Gasteiger partial charge on any atom is -0.392 e. The van der Waals surface area contributed by atoms with Crippen LogP contribution in [-0.4, -0.2) is 58.2 Å². The van der Waals surface area contributed by atoms with Crippen LogP contribution in [0.5, 0.6) is 0 Å². The van der Waals surface area contributed by atoms with Crippen LogP contribution in [0.2, 0.25) is 0 Å². The number of pyridine rings is 1. The molecule has 6 heteroatoms. The molecule has 2 aromatic heterocycles. The molecular weight excluding hydrogens is 266 g/mol. The molecule has 1 atom stereocenters. The Morgan fingerprint density at radius 1 is 1.33 bits per heavy atom. The van der Waals surface area contributed by atoms with E-state index in [2.05, 4.69) is 20.9 Å². The summed E-state index contributed by atoms with van der Waals surface area (Å²) in [5, 5.41) is 18.9. The number of piperazine rings is 1. The van der Waals surface area contributed by atoms with Gasteiger partial charge in [-0.05, 0) is 19.1 Å². The van der Waals surface area contributed by atoms with E-state index in [9.17, 15) is 10.4 Å². The summed E-state index contributed by atoms with van der Waals surface area (Å²) < 4.78 is 1.83. The molecule has 2 aromatic rings. The van der Waals surface area contributed by atoms with E-state index in [1.807, 2.05) is 35.7 Å². The summed E-state index contributed by atoms with van der Waals surface area (Å²) in [5.74, 6) is 0.764. The fraction of sp³-hybridized carbons (Fsp3) is 0.467. The second-order valence-corrected chi connectivity index (χ2v) is 5.46. The topological polar surface area (TPSA) is 67.8 Å². The van der Waals surface area contributed by atoms with Gasteiger partial charge in [-0.15, -0.1) is 0 Å². The highest BCUT2D eigenvalue weighted by Gasteiger charge is 2.23. The molecule has 1 aliphatic rings. The zero-order chi connectivity index (χ0) is 14.8. The Bertz CT molecular complexity index is 664. The molecule has 0 aromatic carbocycles. The predicted octanol–water partition coefficient (Wildman–Crippen LogP) is 0.709. The van der Waals surface area contributed by atoms with Crippen LogP contribution in [0.4, 0.5) is 5.82 Å². The molecule has 3 rings (SSSR count). The number of nitrogens with zero attached hydrogens (tertiary/aromatic N) is 5. The molecular formula is C15H19N5O. The van der Waals surface area contributed by atoms with Crippen molar-refractivity contribution in [3.05, 3.63) is 30.1 Å². The average molecular weight is 285 g/mol. The number of hydrogen-bond acceptors (Lipinski definition) is 5. The SMILES string of the molecule is C[C@@H](O)CN1CCN(c2nc3ccccn3c2C#N)CC1. The van der Waals surface area contributed by atoms with Gasteiger partial charge in [-0.2, -0.15) is 5.26 Å². The molecule has 6 nitrogen and oxygen atoms in total. The molecule has 0 saturated carbocycles. The maximum absolute atomic E-state index is 9.45. The van der Waals surface area contributed by atoms with E-state index >= 15 is 0 Å². The van der Waals surface area contributed by atoms with Gasteiger partial charge in [0, 0.05) is 38.9 Å². The molecule has 0 amide bonds. The molecule has 1 fully saturated rings. The zero-order valence-electron chi connectivity index (χ0n) is 12.1. The summed E-state index contributed by atoms with van der Waals surface area (Å²) in [5.41, 5.74) is 1.39. The Morgan fingerprint density at radius 3 is 2.76 bits per heavy atom. The lowest BCUT2D eigenvalue weighted by Gasteiger charge is -2.35. The zero-order valence-corrected chi connectivity index (χ0v) is 12.1. The van der Waals surface area contributed by atoms with E-state index in [0.717, 1.165) is 37.6 Å². The number of anilines is 1. The summed E-state index contributed by atoms with van der Waals surface area (Å²) in [6, 6.07) is 8.00. The smallest absolute Gasteiger partial charge is 0.169 e. The molecule has 21 heavy (non-hydrogen) atoms. The highest BCUT2D eigenvalue weighted by Crippen LogP contribution is 2.22. The normalized spacial score (nSPS) is 17.9. The lowest BCUT2D eigenvalue weighted by atomic mass is 10.2. The molecule has 1 saturated heterocycles. The number of imidazole rings is 1. The van der Waals surface area contributed by atoms with Crippen molar-refractivity contribution in [3.8, 4) is 6.07 Å². The Labute approximate surface area is 123 Å². The lowest BCUT2D eigenvalue weighted by molar-refractivity contribution is 0.122. The van der Waals surface area contributed by atoms with Gasteiger partial charge in [-0.25, -0.2) is 4.98 Å². The van der Waals surface area contributed by atoms with E-state index in [0.29, 0.717) is 12.2 Å². The monoisotopic (exact) mass is 285 g/mol. The number of aliphatic hydroxyl groups is 1. The van der Waals surface area contributed by atoms with Gasteiger partial charge in [-0.1, -0.05) is 6.07 Å². The third-order valence-corrected chi connectivity index (χ3v) is 3.81. The van der Waals surface area contributed by atoms with Crippen LogP contribution in [-0.2, 0) is 0 Å². The Hall–Kier alpha value is -2.10. The first-order valence-corrected chi connectivity index (χ1v) is 7.21. The lowest BCUT2D eigenvalue weighted by Crippen LogP contribution is -2.48. The third-order valence-electron chi connectivity index (χ3n) is 3.81. The number of β-amino-alcohol motifs (C(OH)–C–C–N with tert-alkyl or cyclic N) is 1. The molecule has 1 aliphatic heterocycles. The van der Waals surface area contributed by atoms with Crippen LogP contribution in [0.3, 0.4) is 0 Å². The summed E-state index contributed by atoms with van der Waals surface area (Å²) in [7, 11) is 0. The Balaban J connectivity index is 1.81. The maximum Gasteiger partial charge on any atom is 0.169 e. The van der Waals surface area contributed by atoms with Crippen molar-refractivity contribution < 1.29 is 5.11 Å². The second kappa shape index (κ2) is 5.72. The molecule has 3 heterocycles. The van der Waals surface area contributed by atoms with Crippen molar-refractivity contribution in [2.24, 2.45) is 0 Å². The quantitative estimate of drug-likeness (QED) is 0.899. The Kier molecular flexibility index (Phi) is 3.78. The van der Waals surface area contributed by atoms with Gasteiger partial charge in [0.2, 0.25) is 0 Å². The van der Waals surface area contributed by atoms with E-state index in [1.54, 1.807) is 0 Å². The van der Waals surface area contributed by atoms with Gasteiger partial charge in [-0.3, -0.25) is 9.30 Å². The van der Waals surface area contributed by atoms with E-state index in [1.165, 1.54) is 0 Å². The molecule has 0 radical (unpaired) electrons. The third kappa shape index (κ3) is 2.71. The van der Waals surface area contributed by atoms with Crippen LogP contribution in [0, 0.1) is 11.3 Å². The summed E-state index contributed by atoms with van der Waals surface area (Å²) in [4.78, 5) is 8.99. The van der Waals surface area contributed by atoms with Gasteiger partial charge >= 0.3 is 0 Å². The highest BCUT2D eigenvalue weighted by atomic mass is 16.3. The average Bonchev–Trinajstić information content (AvgIpc) is 2.86. The summed E-state index contributed by atoms with van der Waals surface area (Å²) in [6.45, 7) is 5.91. The molecule has 110 valence electrons. The first kappa shape index (κ1) is 13.9. The van der Waals surface area contributed by atoms with Crippen LogP contribution < -0.4 is 4.90 Å². The van der Waals surface area contributed by atoms with E-state index in [-0.39, 0.29) is 6.10 Å². The van der Waals surface area contributed by atoms with Crippen LogP contribution >= 0.6 is 0 Å². The number of rotatable bonds is 3. The number of aromatic nitrogens is 2. The van der Waals surface area contributed by atoms with Gasteiger partial charge < -0.3 is 10.0 Å². The minimum atomic E-state index is -0.304. The van der Waals surface area contributed by atoms with E-state index in [4.69, 9.17) is 0 Å². The van der Waals surface area contributed by atoms with Gasteiger partial charge in [0.05, 0.1) is 6.10 Å². The van der Waals surface area contributed by atoms with Crippen LogP contribution in [0.1, 0.15) is 12.6 Å². The molecule has 0 aliphatic carbocycles. The van der Waals surface area contributed by atoms with Crippen molar-refractivity contribution in [3.63, 3.8) is 0 Å². The largest absolute Gasteiger partial charge is 0.392 e. The molecule has 1 N–H and O–H groups in total. The van der Waals surface area contributed by atoms with E-state index < -0.39 is 0 Å². The van der Waals surface area contributed by atoms with Gasteiger partial charge in [0.25, 0.3) is 0 Å². The first-order valence-electron chi connectivity index (χ1n) is 7.21. The summed E-state index contributed by atoms with van der Waals surface area (Å²) in [6.07, 6.45) is 1.56. The predicted molar refractivity (Wildman–Crippen MR) is 80.2 cm³/mol. The minimum absolute atomic E-state index is 0.304. The summed E-state index contributed by atoms with van der Waals surface area (Å²) >= 11 is 0. The van der Waals surface area contributed by atoms with Crippen molar-refractivity contribution in [1.29, 1.82) is 5.26 Å². The van der Waals surface area contributed by atoms with Crippen molar-refractivity contribution >= 4 is 11.5 Å². The van der Waals surface area contributed by atoms with Crippen molar-refractivity contribution in [2.75, 3.05) is 37.6 Å². The first-order chi connectivity index (χ1) is 10.2. The van der Waals surface area contributed by atoms with Crippen molar-refractivity contribution in [1.82, 2.24) is 14.3 Å². The second-order valence-electron chi connectivity index (χ2n) is 5.46. The van der Waals surface area contributed by atoms with Gasteiger partial charge in [0.15, 0.2) is 11.5 Å². The fourth-order valence-corrected chi connectivity index (χ4v) is 2.82. The van der Waals surface area contributed by atoms with Gasteiger partial charge in [0.1, 0.15) is 11.7 Å². The molecule has 0 bridgehead atoms. The van der Waals surface area contributed by atoms with Crippen LogP contribution in [0.15, 0.2) is 24.4 Å².